The lowest BCUT2D eigenvalue weighted by Gasteiger charge is -2.26. The van der Waals surface area contributed by atoms with E-state index < -0.39 is 17.8 Å². The van der Waals surface area contributed by atoms with E-state index in [2.05, 4.69) is 26.6 Å². The van der Waals surface area contributed by atoms with E-state index in [0.29, 0.717) is 15.7 Å². The van der Waals surface area contributed by atoms with E-state index in [9.17, 15) is 24.3 Å². The van der Waals surface area contributed by atoms with E-state index in [1.807, 2.05) is 6.07 Å². The molecule has 0 aromatic heterocycles. The first-order chi connectivity index (χ1) is 17.8. The first kappa shape index (κ1) is 25.5. The maximum absolute atomic E-state index is 13.1. The van der Waals surface area contributed by atoms with E-state index in [-0.39, 0.29) is 41.0 Å². The van der Waals surface area contributed by atoms with Crippen LogP contribution in [0.5, 0.6) is 17.2 Å². The van der Waals surface area contributed by atoms with E-state index in [1.54, 1.807) is 30.3 Å². The summed E-state index contributed by atoms with van der Waals surface area (Å²) < 4.78 is 11.4. The van der Waals surface area contributed by atoms with Crippen LogP contribution in [0.4, 0.5) is 16.2 Å². The van der Waals surface area contributed by atoms with E-state index in [0.717, 1.165) is 4.90 Å². The number of hydrogen-bond acceptors (Lipinski definition) is 7. The fourth-order valence-corrected chi connectivity index (χ4v) is 4.05. The summed E-state index contributed by atoms with van der Waals surface area (Å²) in [6, 6.07) is 16.5. The minimum atomic E-state index is -0.908. The van der Waals surface area contributed by atoms with Crippen LogP contribution in [0.2, 0.25) is 0 Å². The summed E-state index contributed by atoms with van der Waals surface area (Å²) in [5.74, 6) is -1.64. The van der Waals surface area contributed by atoms with Crippen molar-refractivity contribution >= 4 is 57.1 Å². The molecule has 1 fully saturated rings. The van der Waals surface area contributed by atoms with Gasteiger partial charge in [0.25, 0.3) is 17.7 Å². The molecule has 0 atom stereocenters. The van der Waals surface area contributed by atoms with E-state index >= 15 is 0 Å². The number of carbonyl (C=O) groups excluding carboxylic acids is 4. The number of nitrogens with one attached hydrogen (secondary N) is 2. The Bertz CT molecular complexity index is 1410. The maximum Gasteiger partial charge on any atom is 0.335 e. The molecule has 0 spiro atoms. The number of halogens is 1. The van der Waals surface area contributed by atoms with Crippen LogP contribution < -0.4 is 25.0 Å². The van der Waals surface area contributed by atoms with Crippen molar-refractivity contribution in [3.8, 4) is 17.2 Å². The molecule has 1 saturated heterocycles. The summed E-state index contributed by atoms with van der Waals surface area (Å²) in [5, 5.41) is 14.3. The molecule has 4 rings (SSSR count). The number of amides is 5. The zero-order valence-electron chi connectivity index (χ0n) is 19.4. The molecule has 3 aromatic carbocycles. The van der Waals surface area contributed by atoms with Gasteiger partial charge in [0.15, 0.2) is 18.1 Å². The van der Waals surface area contributed by atoms with E-state index in [4.69, 9.17) is 9.47 Å². The first-order valence-electron chi connectivity index (χ1n) is 10.8. The lowest BCUT2D eigenvalue weighted by atomic mass is 10.1. The van der Waals surface area contributed by atoms with Gasteiger partial charge in [-0.15, -0.1) is 0 Å². The molecule has 1 heterocycles. The summed E-state index contributed by atoms with van der Waals surface area (Å²) >= 11 is 3.38. The number of rotatable bonds is 7. The Hall–Kier alpha value is -4.64. The van der Waals surface area contributed by atoms with Crippen molar-refractivity contribution in [3.63, 3.8) is 0 Å². The zero-order chi connectivity index (χ0) is 26.5. The number of barbiturate groups is 1. The molecule has 3 N–H and O–H groups in total. The van der Waals surface area contributed by atoms with Gasteiger partial charge in [-0.2, -0.15) is 0 Å². The Balaban J connectivity index is 1.56. The number of imide groups is 2. The highest BCUT2D eigenvalue weighted by atomic mass is 79.9. The molecular weight excluding hydrogens is 546 g/mol. The minimum Gasteiger partial charge on any atom is -0.508 e. The minimum absolute atomic E-state index is 0.0442. The molecule has 0 unspecified atom stereocenters. The Morgan fingerprint density at radius 1 is 1.08 bits per heavy atom. The Morgan fingerprint density at radius 2 is 1.78 bits per heavy atom. The lowest BCUT2D eigenvalue weighted by molar-refractivity contribution is -0.122. The van der Waals surface area contributed by atoms with Crippen LogP contribution >= 0.6 is 15.9 Å². The molecule has 0 bridgehead atoms. The molecule has 1 aliphatic heterocycles. The van der Waals surface area contributed by atoms with Crippen molar-refractivity contribution in [1.82, 2.24) is 5.32 Å². The third-order valence-corrected chi connectivity index (χ3v) is 5.77. The highest BCUT2D eigenvalue weighted by Gasteiger charge is 2.36. The van der Waals surface area contributed by atoms with Crippen molar-refractivity contribution in [2.45, 2.75) is 0 Å². The van der Waals surface area contributed by atoms with Crippen molar-refractivity contribution < 1.29 is 33.8 Å². The fraction of sp³-hybridized carbons (Fsp3) is 0.0769. The monoisotopic (exact) mass is 565 g/mol. The van der Waals surface area contributed by atoms with Gasteiger partial charge in [-0.05, 0) is 76.1 Å². The second-order valence-corrected chi connectivity index (χ2v) is 8.57. The molecule has 0 aliphatic carbocycles. The quantitative estimate of drug-likeness (QED) is 0.292. The summed E-state index contributed by atoms with van der Waals surface area (Å²) in [4.78, 5) is 51.0. The average Bonchev–Trinajstić information content (AvgIpc) is 2.87. The van der Waals surface area contributed by atoms with Gasteiger partial charge < -0.3 is 19.9 Å². The summed E-state index contributed by atoms with van der Waals surface area (Å²) in [7, 11) is 1.40. The molecular formula is C26H20BrN3O7. The largest absolute Gasteiger partial charge is 0.508 e. The second-order valence-electron chi connectivity index (χ2n) is 7.71. The van der Waals surface area contributed by atoms with Crippen molar-refractivity contribution in [3.05, 3.63) is 82.3 Å². The molecule has 5 amide bonds. The van der Waals surface area contributed by atoms with Crippen molar-refractivity contribution in [2.24, 2.45) is 0 Å². The van der Waals surface area contributed by atoms with Gasteiger partial charge in [0, 0.05) is 5.69 Å². The highest BCUT2D eigenvalue weighted by Crippen LogP contribution is 2.37. The van der Waals surface area contributed by atoms with E-state index in [1.165, 1.54) is 43.5 Å². The number of carbonyl (C=O) groups is 4. The zero-order valence-corrected chi connectivity index (χ0v) is 20.9. The molecule has 11 heteroatoms. The van der Waals surface area contributed by atoms with Crippen LogP contribution in [0.3, 0.4) is 0 Å². The number of aromatic hydroxyl groups is 1. The highest BCUT2D eigenvalue weighted by molar-refractivity contribution is 9.10. The van der Waals surface area contributed by atoms with Gasteiger partial charge in [-0.25, -0.2) is 9.69 Å². The third kappa shape index (κ3) is 5.78. The number of nitrogens with zero attached hydrogens (tertiary/aromatic N) is 1. The number of phenols is 1. The van der Waals surface area contributed by atoms with Crippen molar-refractivity contribution in [2.75, 3.05) is 23.9 Å². The van der Waals surface area contributed by atoms with Crippen LogP contribution in [-0.2, 0) is 14.4 Å². The lowest BCUT2D eigenvalue weighted by Crippen LogP contribution is -2.54. The van der Waals surface area contributed by atoms with Crippen LogP contribution in [0.15, 0.2) is 76.8 Å². The average molecular weight is 566 g/mol. The fourth-order valence-electron chi connectivity index (χ4n) is 3.48. The van der Waals surface area contributed by atoms with Crippen LogP contribution in [0, 0.1) is 0 Å². The molecule has 1 aliphatic rings. The Morgan fingerprint density at radius 3 is 2.46 bits per heavy atom. The molecule has 0 radical (unpaired) electrons. The van der Waals surface area contributed by atoms with Gasteiger partial charge in [0.2, 0.25) is 0 Å². The third-order valence-electron chi connectivity index (χ3n) is 5.18. The van der Waals surface area contributed by atoms with Crippen LogP contribution in [0.1, 0.15) is 5.56 Å². The smallest absolute Gasteiger partial charge is 0.335 e. The Labute approximate surface area is 219 Å². The van der Waals surface area contributed by atoms with Gasteiger partial charge in [0.05, 0.1) is 17.3 Å². The number of para-hydroxylation sites is 1. The van der Waals surface area contributed by atoms with Gasteiger partial charge in [-0.1, -0.05) is 18.2 Å². The SMILES string of the molecule is COc1cc(/C=C2\C(=O)NC(=O)N(c3ccc(O)cc3)C2=O)cc(Br)c1OCC(=O)Nc1ccccc1. The molecule has 37 heavy (non-hydrogen) atoms. The first-order valence-corrected chi connectivity index (χ1v) is 11.6. The Kier molecular flexibility index (Phi) is 7.54. The molecule has 0 saturated carbocycles. The number of benzene rings is 3. The molecule has 3 aromatic rings. The van der Waals surface area contributed by atoms with Crippen LogP contribution in [-0.4, -0.2) is 42.6 Å². The summed E-state index contributed by atoms with van der Waals surface area (Å²) in [5.41, 5.74) is 0.898. The number of anilines is 2. The summed E-state index contributed by atoms with van der Waals surface area (Å²) in [6.07, 6.45) is 1.30. The van der Waals surface area contributed by atoms with Crippen molar-refractivity contribution in [1.29, 1.82) is 0 Å². The van der Waals surface area contributed by atoms with Gasteiger partial charge >= 0.3 is 6.03 Å². The number of phenolic OH excluding ortho intramolecular Hbond substituents is 1. The standard InChI is InChI=1S/C26H20BrN3O7/c1-36-21-13-15(12-20(27)23(21)37-14-22(32)28-16-5-3-2-4-6-16)11-19-24(33)29-26(35)30(25(19)34)17-7-9-18(31)10-8-17/h2-13,31H,14H2,1H3,(H,28,32)(H,29,33,35)/b19-11+. The summed E-state index contributed by atoms with van der Waals surface area (Å²) in [6.45, 7) is -0.297. The predicted molar refractivity (Wildman–Crippen MR) is 138 cm³/mol. The number of methoxy groups -OCH3 is 1. The second kappa shape index (κ2) is 11.0. The topological polar surface area (TPSA) is 134 Å². The molecule has 188 valence electrons. The number of ether oxygens (including phenoxy) is 2. The molecule has 10 nitrogen and oxygen atoms in total. The normalized spacial score (nSPS) is 14.4. The number of urea groups is 1. The van der Waals surface area contributed by atoms with Gasteiger partial charge in [0.1, 0.15) is 11.3 Å². The predicted octanol–water partition coefficient (Wildman–Crippen LogP) is 3.85. The van der Waals surface area contributed by atoms with Gasteiger partial charge in [-0.3, -0.25) is 19.7 Å². The number of hydrogen-bond donors (Lipinski definition) is 3. The van der Waals surface area contributed by atoms with Crippen LogP contribution in [0.25, 0.3) is 6.08 Å². The maximum atomic E-state index is 13.1.